The van der Waals surface area contributed by atoms with E-state index in [0.29, 0.717) is 12.8 Å². The molecule has 2 amide bonds. The Bertz CT molecular complexity index is 296. The second-order valence-corrected chi connectivity index (χ2v) is 3.60. The van der Waals surface area contributed by atoms with Crippen LogP contribution < -0.4 is 11.2 Å². The molecular weight excluding hydrogens is 210 g/mol. The van der Waals surface area contributed by atoms with Gasteiger partial charge in [0.05, 0.1) is 12.1 Å². The SMILES string of the molecule is CCC(C(N)=O)C(CC)C(=O)N1NC=CO1. The van der Waals surface area contributed by atoms with Crippen molar-refractivity contribution < 1.29 is 14.4 Å². The highest BCUT2D eigenvalue weighted by Crippen LogP contribution is 2.22. The van der Waals surface area contributed by atoms with Crippen LogP contribution in [0.25, 0.3) is 0 Å². The van der Waals surface area contributed by atoms with Gasteiger partial charge in [-0.1, -0.05) is 19.0 Å². The van der Waals surface area contributed by atoms with E-state index >= 15 is 0 Å². The molecule has 0 aliphatic carbocycles. The highest BCUT2D eigenvalue weighted by molar-refractivity contribution is 5.86. The van der Waals surface area contributed by atoms with E-state index < -0.39 is 17.7 Å². The molecule has 0 saturated carbocycles. The average Bonchev–Trinajstić information content (AvgIpc) is 2.77. The smallest absolute Gasteiger partial charge is 0.281 e. The standard InChI is InChI=1S/C10H17N3O3/c1-3-7(9(11)14)8(4-2)10(15)13-12-5-6-16-13/h5-8,12H,3-4H2,1-2H3,(H2,11,14). The van der Waals surface area contributed by atoms with Crippen LogP contribution in [-0.2, 0) is 14.4 Å². The fraction of sp³-hybridized carbons (Fsp3) is 0.600. The van der Waals surface area contributed by atoms with Crippen molar-refractivity contribution in [1.29, 1.82) is 0 Å². The van der Waals surface area contributed by atoms with Crippen molar-refractivity contribution in [3.05, 3.63) is 12.5 Å². The fourth-order valence-electron chi connectivity index (χ4n) is 1.80. The minimum absolute atomic E-state index is 0.279. The predicted octanol–water partition coefficient (Wildman–Crippen LogP) is 0.274. The zero-order valence-corrected chi connectivity index (χ0v) is 9.47. The van der Waals surface area contributed by atoms with Gasteiger partial charge in [-0.15, -0.1) is 0 Å². The lowest BCUT2D eigenvalue weighted by Crippen LogP contribution is -2.44. The first-order valence-electron chi connectivity index (χ1n) is 5.33. The Morgan fingerprint density at radius 3 is 2.38 bits per heavy atom. The molecular formula is C10H17N3O3. The van der Waals surface area contributed by atoms with Crippen molar-refractivity contribution in [3.63, 3.8) is 0 Å². The van der Waals surface area contributed by atoms with Crippen molar-refractivity contribution in [2.75, 3.05) is 0 Å². The summed E-state index contributed by atoms with van der Waals surface area (Å²) in [6, 6.07) is 0. The van der Waals surface area contributed by atoms with Crippen LogP contribution in [0.5, 0.6) is 0 Å². The maximum atomic E-state index is 12.0. The Hall–Kier alpha value is -1.72. The monoisotopic (exact) mass is 227 g/mol. The van der Waals surface area contributed by atoms with E-state index in [1.54, 1.807) is 0 Å². The number of amides is 2. The summed E-state index contributed by atoms with van der Waals surface area (Å²) in [5, 5.41) is 1.01. The number of nitrogens with two attached hydrogens (primary N) is 1. The minimum atomic E-state index is -0.455. The van der Waals surface area contributed by atoms with E-state index in [9.17, 15) is 9.59 Å². The topological polar surface area (TPSA) is 84.7 Å². The summed E-state index contributed by atoms with van der Waals surface area (Å²) in [6.07, 6.45) is 3.94. The van der Waals surface area contributed by atoms with Gasteiger partial charge in [-0.05, 0) is 12.8 Å². The first-order chi connectivity index (χ1) is 7.61. The minimum Gasteiger partial charge on any atom is -0.369 e. The number of carbonyl (C=O) groups is 2. The highest BCUT2D eigenvalue weighted by atomic mass is 16.7. The number of primary amides is 1. The van der Waals surface area contributed by atoms with E-state index in [0.717, 1.165) is 5.17 Å². The second kappa shape index (κ2) is 5.39. The van der Waals surface area contributed by atoms with Crippen LogP contribution >= 0.6 is 0 Å². The Kier molecular flexibility index (Phi) is 4.16. The number of hydrazine groups is 1. The van der Waals surface area contributed by atoms with E-state index in [4.69, 9.17) is 10.6 Å². The molecule has 2 atom stereocenters. The zero-order valence-electron chi connectivity index (χ0n) is 9.47. The first-order valence-corrected chi connectivity index (χ1v) is 5.33. The third-order valence-corrected chi connectivity index (χ3v) is 2.67. The predicted molar refractivity (Wildman–Crippen MR) is 57.0 cm³/mol. The molecule has 6 nitrogen and oxygen atoms in total. The van der Waals surface area contributed by atoms with Gasteiger partial charge in [0.25, 0.3) is 5.91 Å². The average molecular weight is 227 g/mol. The lowest BCUT2D eigenvalue weighted by Gasteiger charge is -2.25. The largest absolute Gasteiger partial charge is 0.369 e. The number of nitrogens with one attached hydrogen (secondary N) is 1. The lowest BCUT2D eigenvalue weighted by atomic mass is 9.86. The molecule has 90 valence electrons. The number of hydroxylamine groups is 1. The summed E-state index contributed by atoms with van der Waals surface area (Å²) in [5.74, 6) is -1.63. The molecule has 1 heterocycles. The van der Waals surface area contributed by atoms with E-state index in [1.165, 1.54) is 12.5 Å². The summed E-state index contributed by atoms with van der Waals surface area (Å²) < 4.78 is 0. The third kappa shape index (κ3) is 2.44. The molecule has 0 aromatic carbocycles. The Morgan fingerprint density at radius 1 is 1.38 bits per heavy atom. The maximum Gasteiger partial charge on any atom is 0.281 e. The Morgan fingerprint density at radius 2 is 2.00 bits per heavy atom. The molecule has 0 aromatic heterocycles. The number of nitrogens with zero attached hydrogens (tertiary/aromatic N) is 1. The molecule has 1 aliphatic rings. The molecule has 1 aliphatic heterocycles. The number of carbonyl (C=O) groups excluding carboxylic acids is 2. The summed E-state index contributed by atoms with van der Waals surface area (Å²) in [5.41, 5.74) is 7.89. The van der Waals surface area contributed by atoms with Gasteiger partial charge >= 0.3 is 0 Å². The molecule has 2 unspecified atom stereocenters. The van der Waals surface area contributed by atoms with Crippen LogP contribution in [0.1, 0.15) is 26.7 Å². The Labute approximate surface area is 94.3 Å². The van der Waals surface area contributed by atoms with Crippen LogP contribution in [0.3, 0.4) is 0 Å². The van der Waals surface area contributed by atoms with Gasteiger partial charge in [0, 0.05) is 5.92 Å². The van der Waals surface area contributed by atoms with Gasteiger partial charge in [0.2, 0.25) is 5.91 Å². The van der Waals surface area contributed by atoms with Crippen molar-refractivity contribution in [2.45, 2.75) is 26.7 Å². The van der Waals surface area contributed by atoms with Gasteiger partial charge in [-0.2, -0.15) is 0 Å². The molecule has 0 fully saturated rings. The maximum absolute atomic E-state index is 12.0. The molecule has 0 aromatic rings. The zero-order chi connectivity index (χ0) is 12.1. The second-order valence-electron chi connectivity index (χ2n) is 3.60. The number of rotatable bonds is 5. The fourth-order valence-corrected chi connectivity index (χ4v) is 1.80. The van der Waals surface area contributed by atoms with Crippen molar-refractivity contribution in [2.24, 2.45) is 17.6 Å². The molecule has 3 N–H and O–H groups in total. The van der Waals surface area contributed by atoms with Crippen LogP contribution in [0.4, 0.5) is 0 Å². The van der Waals surface area contributed by atoms with Crippen LogP contribution in [0.2, 0.25) is 0 Å². The van der Waals surface area contributed by atoms with E-state index in [1.807, 2.05) is 13.8 Å². The van der Waals surface area contributed by atoms with Gasteiger partial charge in [-0.25, -0.2) is 0 Å². The van der Waals surface area contributed by atoms with Gasteiger partial charge in [0.1, 0.15) is 6.26 Å². The summed E-state index contributed by atoms with van der Waals surface area (Å²) in [7, 11) is 0. The molecule has 0 saturated heterocycles. The van der Waals surface area contributed by atoms with Crippen molar-refractivity contribution in [3.8, 4) is 0 Å². The molecule has 0 spiro atoms. The summed E-state index contributed by atoms with van der Waals surface area (Å²) >= 11 is 0. The molecule has 0 bridgehead atoms. The highest BCUT2D eigenvalue weighted by Gasteiger charge is 2.34. The lowest BCUT2D eigenvalue weighted by molar-refractivity contribution is -0.179. The first kappa shape index (κ1) is 12.4. The van der Waals surface area contributed by atoms with Crippen LogP contribution in [-0.4, -0.2) is 17.0 Å². The van der Waals surface area contributed by atoms with Gasteiger partial charge in [0.15, 0.2) is 0 Å². The normalized spacial score (nSPS) is 17.5. The van der Waals surface area contributed by atoms with Gasteiger partial charge in [-0.3, -0.25) is 15.0 Å². The number of hydrogen-bond acceptors (Lipinski definition) is 4. The Balaban J connectivity index is 2.71. The van der Waals surface area contributed by atoms with E-state index in [2.05, 4.69) is 5.43 Å². The molecule has 0 radical (unpaired) electrons. The molecule has 6 heteroatoms. The van der Waals surface area contributed by atoms with E-state index in [-0.39, 0.29) is 5.91 Å². The van der Waals surface area contributed by atoms with Crippen LogP contribution in [0.15, 0.2) is 12.5 Å². The summed E-state index contributed by atoms with van der Waals surface area (Å²) in [4.78, 5) is 28.1. The van der Waals surface area contributed by atoms with Crippen molar-refractivity contribution in [1.82, 2.24) is 10.6 Å². The van der Waals surface area contributed by atoms with Gasteiger partial charge < -0.3 is 10.6 Å². The molecule has 1 rings (SSSR count). The molecule has 16 heavy (non-hydrogen) atoms. The third-order valence-electron chi connectivity index (χ3n) is 2.67. The van der Waals surface area contributed by atoms with Crippen molar-refractivity contribution >= 4 is 11.8 Å². The summed E-state index contributed by atoms with van der Waals surface area (Å²) in [6.45, 7) is 3.68. The van der Waals surface area contributed by atoms with Crippen LogP contribution in [0, 0.1) is 11.8 Å². The number of hydrogen-bond donors (Lipinski definition) is 2. The quantitative estimate of drug-likeness (QED) is 0.706.